The van der Waals surface area contributed by atoms with Gasteiger partial charge in [0.25, 0.3) is 0 Å². The van der Waals surface area contributed by atoms with Crippen LogP contribution in [0.4, 0.5) is 0 Å². The highest BCUT2D eigenvalue weighted by molar-refractivity contribution is 5.83. The van der Waals surface area contributed by atoms with Crippen molar-refractivity contribution < 1.29 is 14.3 Å². The SMILES string of the molecule is COc1cccc(-n2cc(CNC(=O)[C@H](c3cccnc3)N3CCOCC3)cn2)c1. The number of methoxy groups -OCH3 is 1. The first-order valence-corrected chi connectivity index (χ1v) is 9.92. The third-order valence-corrected chi connectivity index (χ3v) is 5.08. The minimum absolute atomic E-state index is 0.0565. The van der Waals surface area contributed by atoms with Crippen LogP contribution >= 0.6 is 0 Å². The molecule has 3 aromatic rings. The third-order valence-electron chi connectivity index (χ3n) is 5.08. The first kappa shape index (κ1) is 20.1. The fourth-order valence-electron chi connectivity index (χ4n) is 3.53. The summed E-state index contributed by atoms with van der Waals surface area (Å²) in [4.78, 5) is 19.4. The summed E-state index contributed by atoms with van der Waals surface area (Å²) in [5, 5.41) is 7.46. The van der Waals surface area contributed by atoms with Gasteiger partial charge in [0.05, 0.1) is 32.2 Å². The van der Waals surface area contributed by atoms with Crippen molar-refractivity contribution in [3.63, 3.8) is 0 Å². The number of benzene rings is 1. The smallest absolute Gasteiger partial charge is 0.242 e. The summed E-state index contributed by atoms with van der Waals surface area (Å²) in [5.74, 6) is 0.710. The van der Waals surface area contributed by atoms with Crippen molar-refractivity contribution in [3.05, 3.63) is 72.3 Å². The molecule has 30 heavy (non-hydrogen) atoms. The molecule has 1 N–H and O–H groups in total. The number of aromatic nitrogens is 3. The molecule has 1 aliphatic rings. The van der Waals surface area contributed by atoms with Gasteiger partial charge in [0.2, 0.25) is 5.91 Å². The number of hydrogen-bond donors (Lipinski definition) is 1. The highest BCUT2D eigenvalue weighted by Crippen LogP contribution is 2.22. The van der Waals surface area contributed by atoms with Crippen molar-refractivity contribution >= 4 is 5.91 Å². The molecule has 0 spiro atoms. The van der Waals surface area contributed by atoms with Crippen LogP contribution in [-0.4, -0.2) is 59.0 Å². The number of nitrogens with zero attached hydrogens (tertiary/aromatic N) is 4. The van der Waals surface area contributed by atoms with E-state index in [2.05, 4.69) is 20.3 Å². The molecule has 8 nitrogen and oxygen atoms in total. The molecule has 0 unspecified atom stereocenters. The summed E-state index contributed by atoms with van der Waals surface area (Å²) in [5.41, 5.74) is 2.69. The van der Waals surface area contributed by atoms with Crippen LogP contribution in [0.15, 0.2) is 61.2 Å². The number of carbonyl (C=O) groups excluding carboxylic acids is 1. The van der Waals surface area contributed by atoms with Crippen LogP contribution in [0.5, 0.6) is 5.75 Å². The van der Waals surface area contributed by atoms with E-state index < -0.39 is 6.04 Å². The second kappa shape index (κ2) is 9.51. The highest BCUT2D eigenvalue weighted by atomic mass is 16.5. The average Bonchev–Trinajstić information content (AvgIpc) is 3.29. The summed E-state index contributed by atoms with van der Waals surface area (Å²) < 4.78 is 12.5. The van der Waals surface area contributed by atoms with Gasteiger partial charge in [0, 0.05) is 49.9 Å². The largest absolute Gasteiger partial charge is 0.497 e. The van der Waals surface area contributed by atoms with Crippen molar-refractivity contribution in [3.8, 4) is 11.4 Å². The normalized spacial score (nSPS) is 15.5. The average molecular weight is 407 g/mol. The van der Waals surface area contributed by atoms with Gasteiger partial charge < -0.3 is 14.8 Å². The van der Waals surface area contributed by atoms with Gasteiger partial charge in [-0.2, -0.15) is 5.10 Å². The first-order valence-electron chi connectivity index (χ1n) is 9.92. The second-order valence-corrected chi connectivity index (χ2v) is 7.05. The van der Waals surface area contributed by atoms with Gasteiger partial charge in [0.15, 0.2) is 0 Å². The molecule has 1 atom stereocenters. The van der Waals surface area contributed by atoms with Crippen LogP contribution in [0.1, 0.15) is 17.2 Å². The molecule has 1 fully saturated rings. The molecule has 2 aromatic heterocycles. The van der Waals surface area contributed by atoms with E-state index in [1.807, 2.05) is 42.6 Å². The van der Waals surface area contributed by atoms with E-state index in [4.69, 9.17) is 9.47 Å². The maximum Gasteiger partial charge on any atom is 0.242 e. The van der Waals surface area contributed by atoms with Crippen molar-refractivity contribution in [2.75, 3.05) is 33.4 Å². The fraction of sp³-hybridized carbons (Fsp3) is 0.318. The quantitative estimate of drug-likeness (QED) is 0.645. The number of pyridine rings is 1. The Kier molecular flexibility index (Phi) is 6.36. The van der Waals surface area contributed by atoms with Gasteiger partial charge in [-0.15, -0.1) is 0 Å². The van der Waals surface area contributed by atoms with E-state index in [1.54, 1.807) is 30.4 Å². The molecule has 0 aliphatic carbocycles. The summed E-state index contributed by atoms with van der Waals surface area (Å²) in [7, 11) is 1.64. The molecular weight excluding hydrogens is 382 g/mol. The standard InChI is InChI=1S/C22H25N5O3/c1-29-20-6-2-5-19(12-20)27-16-17(14-25-27)13-24-22(28)21(18-4-3-7-23-15-18)26-8-10-30-11-9-26/h2-7,12,14-16,21H,8-11,13H2,1H3,(H,24,28)/t21-/m0/s1. The van der Waals surface area contributed by atoms with Crippen molar-refractivity contribution in [1.82, 2.24) is 25.0 Å². The molecule has 0 radical (unpaired) electrons. The zero-order chi connectivity index (χ0) is 20.8. The summed E-state index contributed by atoms with van der Waals surface area (Å²) >= 11 is 0. The van der Waals surface area contributed by atoms with Crippen LogP contribution in [0.25, 0.3) is 5.69 Å². The van der Waals surface area contributed by atoms with Crippen LogP contribution in [0.3, 0.4) is 0 Å². The topological polar surface area (TPSA) is 81.5 Å². The Hall–Kier alpha value is -3.23. The van der Waals surface area contributed by atoms with E-state index >= 15 is 0 Å². The Bertz CT molecular complexity index is 970. The molecule has 8 heteroatoms. The van der Waals surface area contributed by atoms with Gasteiger partial charge in [-0.25, -0.2) is 4.68 Å². The second-order valence-electron chi connectivity index (χ2n) is 7.05. The minimum atomic E-state index is -0.393. The number of nitrogens with one attached hydrogen (secondary N) is 1. The lowest BCUT2D eigenvalue weighted by atomic mass is 10.1. The van der Waals surface area contributed by atoms with Crippen molar-refractivity contribution in [2.45, 2.75) is 12.6 Å². The lowest BCUT2D eigenvalue weighted by molar-refractivity contribution is -0.128. The monoisotopic (exact) mass is 407 g/mol. The zero-order valence-electron chi connectivity index (χ0n) is 16.9. The van der Waals surface area contributed by atoms with E-state index in [1.165, 1.54) is 0 Å². The number of morpholine rings is 1. The molecule has 1 amide bonds. The Morgan fingerprint density at radius 2 is 2.10 bits per heavy atom. The van der Waals surface area contributed by atoms with E-state index in [-0.39, 0.29) is 5.91 Å². The molecule has 156 valence electrons. The predicted octanol–water partition coefficient (Wildman–Crippen LogP) is 1.97. The van der Waals surface area contributed by atoms with Gasteiger partial charge in [-0.3, -0.25) is 14.7 Å². The lowest BCUT2D eigenvalue weighted by Gasteiger charge is -2.33. The molecule has 1 aromatic carbocycles. The summed E-state index contributed by atoms with van der Waals surface area (Å²) in [6.07, 6.45) is 7.13. The molecule has 0 saturated carbocycles. The number of ether oxygens (including phenoxy) is 2. The molecule has 1 aliphatic heterocycles. The summed E-state index contributed by atoms with van der Waals surface area (Å²) in [6, 6.07) is 11.1. The molecule has 4 rings (SSSR count). The van der Waals surface area contributed by atoms with Crippen LogP contribution in [0.2, 0.25) is 0 Å². The zero-order valence-corrected chi connectivity index (χ0v) is 16.9. The maximum absolute atomic E-state index is 13.1. The predicted molar refractivity (Wildman–Crippen MR) is 111 cm³/mol. The lowest BCUT2D eigenvalue weighted by Crippen LogP contribution is -2.45. The molecular formula is C22H25N5O3. The van der Waals surface area contributed by atoms with Crippen molar-refractivity contribution in [1.29, 1.82) is 0 Å². The van der Waals surface area contributed by atoms with Gasteiger partial charge >= 0.3 is 0 Å². The highest BCUT2D eigenvalue weighted by Gasteiger charge is 2.29. The Balaban J connectivity index is 1.45. The molecule has 0 bridgehead atoms. The van der Waals surface area contributed by atoms with E-state index in [0.29, 0.717) is 32.8 Å². The van der Waals surface area contributed by atoms with E-state index in [0.717, 1.165) is 22.6 Å². The van der Waals surface area contributed by atoms with Gasteiger partial charge in [-0.05, 0) is 23.8 Å². The number of rotatable bonds is 7. The maximum atomic E-state index is 13.1. The Morgan fingerprint density at radius 1 is 1.23 bits per heavy atom. The number of hydrogen-bond acceptors (Lipinski definition) is 6. The minimum Gasteiger partial charge on any atom is -0.497 e. The third kappa shape index (κ3) is 4.67. The van der Waals surface area contributed by atoms with Gasteiger partial charge in [-0.1, -0.05) is 12.1 Å². The number of amides is 1. The Labute approximate surface area is 175 Å². The molecule has 3 heterocycles. The van der Waals surface area contributed by atoms with Crippen molar-refractivity contribution in [2.24, 2.45) is 0 Å². The van der Waals surface area contributed by atoms with Crippen LogP contribution in [0, 0.1) is 0 Å². The molecule has 1 saturated heterocycles. The Morgan fingerprint density at radius 3 is 2.87 bits per heavy atom. The fourth-order valence-corrected chi connectivity index (χ4v) is 3.53. The van der Waals surface area contributed by atoms with E-state index in [9.17, 15) is 4.79 Å². The van der Waals surface area contributed by atoms with Crippen LogP contribution in [-0.2, 0) is 16.1 Å². The van der Waals surface area contributed by atoms with Gasteiger partial charge in [0.1, 0.15) is 11.8 Å². The van der Waals surface area contributed by atoms with Crippen LogP contribution < -0.4 is 10.1 Å². The first-order chi connectivity index (χ1) is 14.7. The number of carbonyl (C=O) groups is 1. The summed E-state index contributed by atoms with van der Waals surface area (Å²) in [6.45, 7) is 3.06.